The number of anilines is 1. The van der Waals surface area contributed by atoms with Crippen molar-refractivity contribution in [3.05, 3.63) is 60.9 Å². The number of para-hydroxylation sites is 2. The second-order valence-electron chi connectivity index (χ2n) is 4.86. The molecule has 0 bridgehead atoms. The fourth-order valence-corrected chi connectivity index (χ4v) is 2.36. The van der Waals surface area contributed by atoms with Gasteiger partial charge in [0.2, 0.25) is 0 Å². The third kappa shape index (κ3) is 2.97. The van der Waals surface area contributed by atoms with E-state index in [9.17, 15) is 0 Å². The zero-order chi connectivity index (χ0) is 14.5. The van der Waals surface area contributed by atoms with Gasteiger partial charge in [-0.3, -0.25) is 0 Å². The van der Waals surface area contributed by atoms with Crippen LogP contribution in [-0.4, -0.2) is 19.3 Å². The van der Waals surface area contributed by atoms with Crippen molar-refractivity contribution in [2.24, 2.45) is 0 Å². The molecule has 0 atom stereocenters. The average Bonchev–Trinajstić information content (AvgIpc) is 3.17. The second kappa shape index (κ2) is 6.26. The van der Waals surface area contributed by atoms with E-state index >= 15 is 0 Å². The first-order valence-electron chi connectivity index (χ1n) is 7.21. The van der Waals surface area contributed by atoms with Gasteiger partial charge in [0.15, 0.2) is 0 Å². The van der Waals surface area contributed by atoms with Crippen LogP contribution < -0.4 is 5.32 Å². The zero-order valence-corrected chi connectivity index (χ0v) is 12.1. The standard InChI is InChI=1S/C16H19N5/c1-2-10-20-12-9-17-16(20)13-18-14-6-3-4-7-15(14)21-11-5-8-19-21/h3-9,11-12,18H,2,10,13H2,1H3. The monoisotopic (exact) mass is 281 g/mol. The van der Waals surface area contributed by atoms with Gasteiger partial charge in [-0.25, -0.2) is 9.67 Å². The Balaban J connectivity index is 1.78. The molecule has 5 nitrogen and oxygen atoms in total. The molecule has 2 aromatic heterocycles. The Morgan fingerprint density at radius 2 is 2.00 bits per heavy atom. The van der Waals surface area contributed by atoms with E-state index in [-0.39, 0.29) is 0 Å². The van der Waals surface area contributed by atoms with Crippen LogP contribution in [-0.2, 0) is 13.1 Å². The first-order valence-corrected chi connectivity index (χ1v) is 7.21. The number of nitrogens with one attached hydrogen (secondary N) is 1. The highest BCUT2D eigenvalue weighted by Crippen LogP contribution is 2.19. The summed E-state index contributed by atoms with van der Waals surface area (Å²) in [6, 6.07) is 10.1. The maximum Gasteiger partial charge on any atom is 0.128 e. The third-order valence-corrected chi connectivity index (χ3v) is 3.36. The molecule has 0 aliphatic carbocycles. The lowest BCUT2D eigenvalue weighted by Crippen LogP contribution is -2.10. The van der Waals surface area contributed by atoms with Crippen LogP contribution in [0.2, 0.25) is 0 Å². The van der Waals surface area contributed by atoms with Crippen LogP contribution in [0.5, 0.6) is 0 Å². The van der Waals surface area contributed by atoms with Crippen LogP contribution in [0, 0.1) is 0 Å². The predicted octanol–water partition coefficient (Wildman–Crippen LogP) is 3.09. The van der Waals surface area contributed by atoms with Crippen molar-refractivity contribution in [2.75, 3.05) is 5.32 Å². The van der Waals surface area contributed by atoms with Crippen molar-refractivity contribution >= 4 is 5.69 Å². The van der Waals surface area contributed by atoms with E-state index in [4.69, 9.17) is 0 Å². The molecule has 0 unspecified atom stereocenters. The molecule has 0 aliphatic rings. The first-order chi connectivity index (χ1) is 10.4. The van der Waals surface area contributed by atoms with Gasteiger partial charge < -0.3 is 9.88 Å². The second-order valence-corrected chi connectivity index (χ2v) is 4.86. The molecule has 0 saturated carbocycles. The van der Waals surface area contributed by atoms with Gasteiger partial charge in [-0.15, -0.1) is 0 Å². The van der Waals surface area contributed by atoms with Gasteiger partial charge in [0.05, 0.1) is 17.9 Å². The molecule has 1 aromatic carbocycles. The number of nitrogens with zero attached hydrogens (tertiary/aromatic N) is 4. The fraction of sp³-hybridized carbons (Fsp3) is 0.250. The quantitative estimate of drug-likeness (QED) is 0.755. The van der Waals surface area contributed by atoms with Crippen molar-refractivity contribution in [3.63, 3.8) is 0 Å². The lowest BCUT2D eigenvalue weighted by molar-refractivity contribution is 0.644. The highest BCUT2D eigenvalue weighted by molar-refractivity contribution is 5.60. The van der Waals surface area contributed by atoms with Gasteiger partial charge >= 0.3 is 0 Å². The lowest BCUT2D eigenvalue weighted by atomic mass is 10.2. The van der Waals surface area contributed by atoms with E-state index in [2.05, 4.69) is 33.0 Å². The largest absolute Gasteiger partial charge is 0.376 e. The van der Waals surface area contributed by atoms with Crippen molar-refractivity contribution < 1.29 is 0 Å². The van der Waals surface area contributed by atoms with E-state index in [1.165, 1.54) is 0 Å². The van der Waals surface area contributed by atoms with Gasteiger partial charge in [-0.2, -0.15) is 5.10 Å². The van der Waals surface area contributed by atoms with Crippen LogP contribution in [0.25, 0.3) is 5.69 Å². The smallest absolute Gasteiger partial charge is 0.128 e. The van der Waals surface area contributed by atoms with Gasteiger partial charge in [-0.05, 0) is 24.6 Å². The molecule has 0 saturated heterocycles. The Morgan fingerprint density at radius 3 is 2.81 bits per heavy atom. The number of rotatable bonds is 6. The summed E-state index contributed by atoms with van der Waals surface area (Å²) in [7, 11) is 0. The summed E-state index contributed by atoms with van der Waals surface area (Å²) in [6.07, 6.45) is 8.71. The Hall–Kier alpha value is -2.56. The van der Waals surface area contributed by atoms with Gasteiger partial charge in [-0.1, -0.05) is 19.1 Å². The van der Waals surface area contributed by atoms with Crippen molar-refractivity contribution in [1.82, 2.24) is 19.3 Å². The van der Waals surface area contributed by atoms with E-state index in [1.807, 2.05) is 47.5 Å². The molecule has 1 N–H and O–H groups in total. The SMILES string of the molecule is CCCn1ccnc1CNc1ccccc1-n1cccn1. The fourth-order valence-electron chi connectivity index (χ4n) is 2.36. The van der Waals surface area contributed by atoms with Crippen molar-refractivity contribution in [1.29, 1.82) is 0 Å². The number of hydrogen-bond donors (Lipinski definition) is 1. The van der Waals surface area contributed by atoms with E-state index in [0.29, 0.717) is 6.54 Å². The Morgan fingerprint density at radius 1 is 1.10 bits per heavy atom. The minimum Gasteiger partial charge on any atom is -0.376 e. The molecule has 0 radical (unpaired) electrons. The maximum atomic E-state index is 4.42. The molecule has 2 heterocycles. The van der Waals surface area contributed by atoms with Gasteiger partial charge in [0.25, 0.3) is 0 Å². The normalized spacial score (nSPS) is 10.7. The minimum atomic E-state index is 0.700. The summed E-state index contributed by atoms with van der Waals surface area (Å²) in [4.78, 5) is 4.42. The lowest BCUT2D eigenvalue weighted by Gasteiger charge is -2.12. The highest BCUT2D eigenvalue weighted by atomic mass is 15.3. The van der Waals surface area contributed by atoms with Crippen LogP contribution in [0.3, 0.4) is 0 Å². The summed E-state index contributed by atoms with van der Waals surface area (Å²) < 4.78 is 4.05. The summed E-state index contributed by atoms with van der Waals surface area (Å²) >= 11 is 0. The molecule has 3 aromatic rings. The predicted molar refractivity (Wildman–Crippen MR) is 83.4 cm³/mol. The van der Waals surface area contributed by atoms with Crippen molar-refractivity contribution in [3.8, 4) is 5.69 Å². The van der Waals surface area contributed by atoms with Crippen molar-refractivity contribution in [2.45, 2.75) is 26.4 Å². The molecule has 0 amide bonds. The molecule has 0 aliphatic heterocycles. The Kier molecular flexibility index (Phi) is 4.00. The minimum absolute atomic E-state index is 0.700. The maximum absolute atomic E-state index is 4.42. The number of hydrogen-bond acceptors (Lipinski definition) is 3. The molecular weight excluding hydrogens is 262 g/mol. The van der Waals surface area contributed by atoms with Crippen LogP contribution in [0.15, 0.2) is 55.1 Å². The molecular formula is C16H19N5. The molecule has 21 heavy (non-hydrogen) atoms. The molecule has 0 spiro atoms. The summed E-state index contributed by atoms with van der Waals surface area (Å²) in [6.45, 7) is 3.87. The summed E-state index contributed by atoms with van der Waals surface area (Å²) in [5.74, 6) is 1.05. The number of aryl methyl sites for hydroxylation is 1. The van der Waals surface area contributed by atoms with Gasteiger partial charge in [0.1, 0.15) is 5.82 Å². The summed E-state index contributed by atoms with van der Waals surface area (Å²) in [5, 5.41) is 7.75. The van der Waals surface area contributed by atoms with E-state index in [1.54, 1.807) is 6.20 Å². The summed E-state index contributed by atoms with van der Waals surface area (Å²) in [5.41, 5.74) is 2.09. The number of imidazole rings is 1. The Labute approximate surface area is 124 Å². The highest BCUT2D eigenvalue weighted by Gasteiger charge is 2.06. The number of aromatic nitrogens is 4. The van der Waals surface area contributed by atoms with Gasteiger partial charge in [0, 0.05) is 31.3 Å². The zero-order valence-electron chi connectivity index (χ0n) is 12.1. The molecule has 108 valence electrons. The molecule has 3 rings (SSSR count). The first kappa shape index (κ1) is 13.4. The topological polar surface area (TPSA) is 47.7 Å². The Bertz CT molecular complexity index is 684. The molecule has 0 fully saturated rings. The van der Waals surface area contributed by atoms with Crippen LogP contribution >= 0.6 is 0 Å². The average molecular weight is 281 g/mol. The van der Waals surface area contributed by atoms with Crippen LogP contribution in [0.4, 0.5) is 5.69 Å². The third-order valence-electron chi connectivity index (χ3n) is 3.36. The van der Waals surface area contributed by atoms with E-state index < -0.39 is 0 Å². The molecule has 5 heteroatoms. The van der Waals surface area contributed by atoms with Crippen LogP contribution in [0.1, 0.15) is 19.2 Å². The number of benzene rings is 1. The van der Waals surface area contributed by atoms with E-state index in [0.717, 1.165) is 30.2 Å².